The zero-order valence-corrected chi connectivity index (χ0v) is 13.4. The van der Waals surface area contributed by atoms with Gasteiger partial charge >= 0.3 is 0 Å². The van der Waals surface area contributed by atoms with E-state index < -0.39 is 0 Å². The number of carbonyl (C=O) groups excluding carboxylic acids is 1. The zero-order chi connectivity index (χ0) is 15.4. The van der Waals surface area contributed by atoms with E-state index in [9.17, 15) is 4.79 Å². The molecule has 0 aliphatic carbocycles. The number of aryl methyl sites for hydroxylation is 1. The largest absolute Gasteiger partial charge is 0.472 e. The lowest BCUT2D eigenvalue weighted by molar-refractivity contribution is -0.136. The molecule has 5 nitrogen and oxygen atoms in total. The minimum absolute atomic E-state index is 0.264. The van der Waals surface area contributed by atoms with Gasteiger partial charge in [0.2, 0.25) is 5.91 Å². The first kappa shape index (κ1) is 15.6. The second kappa shape index (κ2) is 7.29. The number of ether oxygens (including phenoxy) is 1. The second-order valence-electron chi connectivity index (χ2n) is 6.41. The van der Waals surface area contributed by atoms with Gasteiger partial charge in [-0.15, -0.1) is 0 Å². The molecule has 5 heteroatoms. The Labute approximate surface area is 132 Å². The molecule has 0 N–H and O–H groups in total. The van der Waals surface area contributed by atoms with Crippen LogP contribution in [0.2, 0.25) is 0 Å². The fourth-order valence-corrected chi connectivity index (χ4v) is 3.57. The van der Waals surface area contributed by atoms with Gasteiger partial charge in [0.05, 0.1) is 12.5 Å². The molecule has 1 atom stereocenters. The molecule has 3 rings (SSSR count). The molecule has 0 saturated carbocycles. The second-order valence-corrected chi connectivity index (χ2v) is 6.41. The van der Waals surface area contributed by atoms with Crippen molar-refractivity contribution in [3.63, 3.8) is 0 Å². The SMILES string of the molecule is C[C@H]1CN(C2CCOCC2)CCN1C(=O)CCc1ccoc1. The summed E-state index contributed by atoms with van der Waals surface area (Å²) in [7, 11) is 0. The Hall–Kier alpha value is -1.33. The molecule has 1 amide bonds. The molecule has 1 aromatic rings. The van der Waals surface area contributed by atoms with Crippen LogP contribution in [0.25, 0.3) is 0 Å². The molecule has 0 unspecified atom stereocenters. The van der Waals surface area contributed by atoms with Gasteiger partial charge in [-0.05, 0) is 37.8 Å². The summed E-state index contributed by atoms with van der Waals surface area (Å²) in [6, 6.07) is 2.87. The van der Waals surface area contributed by atoms with Crippen molar-refractivity contribution in [2.24, 2.45) is 0 Å². The zero-order valence-electron chi connectivity index (χ0n) is 13.4. The molecule has 0 bridgehead atoms. The van der Waals surface area contributed by atoms with Crippen molar-refractivity contribution >= 4 is 5.91 Å². The maximum Gasteiger partial charge on any atom is 0.223 e. The average Bonchev–Trinajstić information content (AvgIpc) is 3.07. The summed E-state index contributed by atoms with van der Waals surface area (Å²) in [6.45, 7) is 6.75. The lowest BCUT2D eigenvalue weighted by atomic mass is 10.0. The minimum Gasteiger partial charge on any atom is -0.472 e. The smallest absolute Gasteiger partial charge is 0.223 e. The third-order valence-corrected chi connectivity index (χ3v) is 4.89. The molecule has 3 heterocycles. The Balaban J connectivity index is 1.48. The Morgan fingerprint density at radius 3 is 2.82 bits per heavy atom. The molecule has 122 valence electrons. The maximum atomic E-state index is 12.4. The molecule has 2 aliphatic heterocycles. The molecule has 0 radical (unpaired) electrons. The van der Waals surface area contributed by atoms with Gasteiger partial charge in [0.25, 0.3) is 0 Å². The van der Waals surface area contributed by atoms with Crippen LogP contribution >= 0.6 is 0 Å². The van der Waals surface area contributed by atoms with Crippen LogP contribution in [-0.4, -0.2) is 60.6 Å². The normalized spacial score (nSPS) is 24.6. The molecule has 0 aromatic carbocycles. The molecule has 2 aliphatic rings. The molecule has 2 saturated heterocycles. The summed E-state index contributed by atoms with van der Waals surface area (Å²) in [6.07, 6.45) is 6.97. The molecule has 0 spiro atoms. The summed E-state index contributed by atoms with van der Waals surface area (Å²) < 4.78 is 10.5. The van der Waals surface area contributed by atoms with Crippen molar-refractivity contribution in [2.75, 3.05) is 32.8 Å². The number of piperazine rings is 1. The minimum atomic E-state index is 0.264. The number of nitrogens with zero attached hydrogens (tertiary/aromatic N) is 2. The van der Waals surface area contributed by atoms with Crippen LogP contribution < -0.4 is 0 Å². The van der Waals surface area contributed by atoms with Crippen LogP contribution in [-0.2, 0) is 16.0 Å². The average molecular weight is 306 g/mol. The van der Waals surface area contributed by atoms with Gasteiger partial charge < -0.3 is 14.1 Å². The topological polar surface area (TPSA) is 45.9 Å². The van der Waals surface area contributed by atoms with Crippen molar-refractivity contribution in [3.05, 3.63) is 24.2 Å². The molecular weight excluding hydrogens is 280 g/mol. The number of amides is 1. The number of hydrogen-bond donors (Lipinski definition) is 0. The van der Waals surface area contributed by atoms with Crippen molar-refractivity contribution in [1.29, 1.82) is 0 Å². The Bertz CT molecular complexity index is 468. The molecule has 22 heavy (non-hydrogen) atoms. The van der Waals surface area contributed by atoms with E-state index in [0.717, 1.165) is 57.7 Å². The van der Waals surface area contributed by atoms with E-state index in [-0.39, 0.29) is 5.91 Å². The number of carbonyl (C=O) groups is 1. The highest BCUT2D eigenvalue weighted by molar-refractivity contribution is 5.77. The summed E-state index contributed by atoms with van der Waals surface area (Å²) in [4.78, 5) is 17.0. The summed E-state index contributed by atoms with van der Waals surface area (Å²) >= 11 is 0. The number of furan rings is 1. The van der Waals surface area contributed by atoms with Crippen molar-refractivity contribution in [1.82, 2.24) is 9.80 Å². The molecular formula is C17H26N2O3. The first-order valence-electron chi connectivity index (χ1n) is 8.36. The van der Waals surface area contributed by atoms with E-state index in [2.05, 4.69) is 16.7 Å². The van der Waals surface area contributed by atoms with E-state index in [0.29, 0.717) is 18.5 Å². The first-order valence-corrected chi connectivity index (χ1v) is 8.36. The quantitative estimate of drug-likeness (QED) is 0.852. The fourth-order valence-electron chi connectivity index (χ4n) is 3.57. The number of hydrogen-bond acceptors (Lipinski definition) is 4. The van der Waals surface area contributed by atoms with Crippen molar-refractivity contribution in [3.8, 4) is 0 Å². The van der Waals surface area contributed by atoms with Gasteiger partial charge in [0.15, 0.2) is 0 Å². The lowest BCUT2D eigenvalue weighted by Gasteiger charge is -2.44. The maximum absolute atomic E-state index is 12.4. The van der Waals surface area contributed by atoms with E-state index in [1.807, 2.05) is 6.07 Å². The van der Waals surface area contributed by atoms with E-state index in [1.54, 1.807) is 12.5 Å². The summed E-state index contributed by atoms with van der Waals surface area (Å²) in [5.41, 5.74) is 1.10. The van der Waals surface area contributed by atoms with Crippen LogP contribution in [0.1, 0.15) is 31.7 Å². The highest BCUT2D eigenvalue weighted by Gasteiger charge is 2.31. The van der Waals surface area contributed by atoms with Gasteiger partial charge in [0, 0.05) is 51.4 Å². The molecule has 2 fully saturated rings. The Morgan fingerprint density at radius 2 is 2.14 bits per heavy atom. The van der Waals surface area contributed by atoms with E-state index in [4.69, 9.17) is 9.15 Å². The summed E-state index contributed by atoms with van der Waals surface area (Å²) in [5, 5.41) is 0. The first-order chi connectivity index (χ1) is 10.7. The van der Waals surface area contributed by atoms with Gasteiger partial charge in [-0.1, -0.05) is 0 Å². The Kier molecular flexibility index (Phi) is 5.16. The third-order valence-electron chi connectivity index (χ3n) is 4.89. The van der Waals surface area contributed by atoms with Crippen LogP contribution in [0.3, 0.4) is 0 Å². The highest BCUT2D eigenvalue weighted by Crippen LogP contribution is 2.20. The van der Waals surface area contributed by atoms with Crippen molar-refractivity contribution < 1.29 is 13.9 Å². The van der Waals surface area contributed by atoms with Crippen LogP contribution in [0.15, 0.2) is 23.0 Å². The molecule has 1 aromatic heterocycles. The highest BCUT2D eigenvalue weighted by atomic mass is 16.5. The van der Waals surface area contributed by atoms with Crippen molar-refractivity contribution in [2.45, 2.75) is 44.7 Å². The third kappa shape index (κ3) is 3.70. The lowest BCUT2D eigenvalue weighted by Crippen LogP contribution is -2.57. The van der Waals surface area contributed by atoms with Crippen LogP contribution in [0.5, 0.6) is 0 Å². The predicted octanol–water partition coefficient (Wildman–Crippen LogP) is 1.92. The Morgan fingerprint density at radius 1 is 1.32 bits per heavy atom. The standard InChI is InChI=1S/C17H26N2O3/c1-14-12-18(16-5-10-21-11-6-16)7-8-19(14)17(20)3-2-15-4-9-22-13-15/h4,9,13-14,16H,2-3,5-8,10-12H2,1H3/t14-/m0/s1. The predicted molar refractivity (Wildman–Crippen MR) is 83.6 cm³/mol. The van der Waals surface area contributed by atoms with E-state index >= 15 is 0 Å². The monoisotopic (exact) mass is 306 g/mol. The summed E-state index contributed by atoms with van der Waals surface area (Å²) in [5.74, 6) is 0.264. The van der Waals surface area contributed by atoms with Crippen LogP contribution in [0, 0.1) is 0 Å². The van der Waals surface area contributed by atoms with Gasteiger partial charge in [-0.3, -0.25) is 9.69 Å². The van der Waals surface area contributed by atoms with E-state index in [1.165, 1.54) is 0 Å². The van der Waals surface area contributed by atoms with Gasteiger partial charge in [0.1, 0.15) is 0 Å². The van der Waals surface area contributed by atoms with Gasteiger partial charge in [-0.25, -0.2) is 0 Å². The van der Waals surface area contributed by atoms with Gasteiger partial charge in [-0.2, -0.15) is 0 Å². The van der Waals surface area contributed by atoms with Crippen LogP contribution in [0.4, 0.5) is 0 Å². The fraction of sp³-hybridized carbons (Fsp3) is 0.706. The number of rotatable bonds is 4.